The van der Waals surface area contributed by atoms with Crippen molar-refractivity contribution >= 4 is 5.97 Å². The fraction of sp³-hybridized carbons (Fsp3) is 0.406. The van der Waals surface area contributed by atoms with E-state index in [-0.39, 0.29) is 12.2 Å². The molecule has 0 aliphatic carbocycles. The second-order valence-corrected chi connectivity index (χ2v) is 10.6. The van der Waals surface area contributed by atoms with E-state index in [1.165, 1.54) is 11.1 Å². The number of ether oxygens (including phenoxy) is 1. The summed E-state index contributed by atoms with van der Waals surface area (Å²) in [6, 6.07) is 28.2. The quantitative estimate of drug-likeness (QED) is 0.331. The standard InChI is InChI=1S/C32H39NO4/c1-32(2,31(35)36)27-16-9-15-26(23-27)29(34)17-10-20-33-21-18-28(19-22-33)37-30(24-11-5-3-6-12-24)25-13-7-4-8-14-25/h3-9,11-16,23,28-30,34H,10,17-22H2,1-2H3,(H,35,36). The van der Waals surface area contributed by atoms with Crippen molar-refractivity contribution in [2.45, 2.75) is 63.3 Å². The number of carbonyl (C=O) groups is 1. The van der Waals surface area contributed by atoms with Crippen LogP contribution in [0.25, 0.3) is 0 Å². The van der Waals surface area contributed by atoms with Crippen LogP contribution in [0.15, 0.2) is 84.9 Å². The minimum absolute atomic E-state index is 0.0593. The van der Waals surface area contributed by atoms with Crippen LogP contribution in [0.2, 0.25) is 0 Å². The number of piperidine rings is 1. The number of carboxylic acid groups (broad SMARTS) is 1. The number of aliphatic hydroxyl groups is 1. The molecule has 1 aliphatic heterocycles. The third kappa shape index (κ3) is 7.07. The fourth-order valence-electron chi connectivity index (χ4n) is 5.00. The molecule has 1 fully saturated rings. The van der Waals surface area contributed by atoms with Gasteiger partial charge in [-0.25, -0.2) is 0 Å². The molecule has 3 aromatic carbocycles. The van der Waals surface area contributed by atoms with Gasteiger partial charge in [-0.1, -0.05) is 84.9 Å². The van der Waals surface area contributed by atoms with Gasteiger partial charge in [0.2, 0.25) is 0 Å². The molecular weight excluding hydrogens is 462 g/mol. The van der Waals surface area contributed by atoms with Crippen LogP contribution in [0.3, 0.4) is 0 Å². The van der Waals surface area contributed by atoms with Gasteiger partial charge in [0.25, 0.3) is 0 Å². The number of hydrogen-bond donors (Lipinski definition) is 2. The summed E-state index contributed by atoms with van der Waals surface area (Å²) in [6.45, 7) is 6.29. The maximum absolute atomic E-state index is 11.6. The molecular formula is C32H39NO4. The molecule has 0 amide bonds. The summed E-state index contributed by atoms with van der Waals surface area (Å²) in [6.07, 6.45) is 3.08. The molecule has 0 spiro atoms. The number of rotatable bonds is 11. The first-order chi connectivity index (χ1) is 17.8. The van der Waals surface area contributed by atoms with Gasteiger partial charge >= 0.3 is 5.97 Å². The molecule has 0 aromatic heterocycles. The summed E-state index contributed by atoms with van der Waals surface area (Å²) in [7, 11) is 0. The third-order valence-electron chi connectivity index (χ3n) is 7.55. The van der Waals surface area contributed by atoms with E-state index in [9.17, 15) is 15.0 Å². The average Bonchev–Trinajstić information content (AvgIpc) is 2.93. The Labute approximate surface area is 220 Å². The molecule has 1 aliphatic rings. The molecule has 5 nitrogen and oxygen atoms in total. The first-order valence-electron chi connectivity index (χ1n) is 13.3. The van der Waals surface area contributed by atoms with E-state index in [0.717, 1.165) is 44.5 Å². The van der Waals surface area contributed by atoms with Gasteiger partial charge in [0.15, 0.2) is 0 Å². The highest BCUT2D eigenvalue weighted by atomic mass is 16.5. The maximum atomic E-state index is 11.6. The van der Waals surface area contributed by atoms with Gasteiger partial charge in [-0.05, 0) is 68.3 Å². The van der Waals surface area contributed by atoms with Crippen LogP contribution in [0.4, 0.5) is 0 Å². The maximum Gasteiger partial charge on any atom is 0.313 e. The molecule has 1 atom stereocenters. The second kappa shape index (κ2) is 12.5. The number of aliphatic carboxylic acids is 1. The van der Waals surface area contributed by atoms with Crippen LogP contribution >= 0.6 is 0 Å². The normalized spacial score (nSPS) is 16.1. The Balaban J connectivity index is 1.26. The Morgan fingerprint density at radius 1 is 0.919 bits per heavy atom. The van der Waals surface area contributed by atoms with Crippen LogP contribution in [0, 0.1) is 0 Å². The highest BCUT2D eigenvalue weighted by molar-refractivity contribution is 5.80. The molecule has 5 heteroatoms. The Kier molecular flexibility index (Phi) is 9.14. The number of nitrogens with zero attached hydrogens (tertiary/aromatic N) is 1. The fourth-order valence-corrected chi connectivity index (χ4v) is 5.00. The Morgan fingerprint density at radius 3 is 2.05 bits per heavy atom. The lowest BCUT2D eigenvalue weighted by Crippen LogP contribution is -2.38. The SMILES string of the molecule is CC(C)(C(=O)O)c1cccc(C(O)CCCN2CCC(OC(c3ccccc3)c3ccccc3)CC2)c1. The van der Waals surface area contributed by atoms with Gasteiger partial charge in [-0.3, -0.25) is 4.79 Å². The summed E-state index contributed by atoms with van der Waals surface area (Å²) in [5, 5.41) is 20.3. The third-order valence-corrected chi connectivity index (χ3v) is 7.55. The summed E-state index contributed by atoms with van der Waals surface area (Å²) >= 11 is 0. The van der Waals surface area contributed by atoms with Crippen molar-refractivity contribution in [2.24, 2.45) is 0 Å². The monoisotopic (exact) mass is 501 g/mol. The van der Waals surface area contributed by atoms with E-state index in [4.69, 9.17) is 4.74 Å². The van der Waals surface area contributed by atoms with Crippen molar-refractivity contribution in [3.05, 3.63) is 107 Å². The van der Waals surface area contributed by atoms with Gasteiger partial charge in [-0.15, -0.1) is 0 Å². The molecule has 0 saturated carbocycles. The smallest absolute Gasteiger partial charge is 0.313 e. The lowest BCUT2D eigenvalue weighted by atomic mass is 9.83. The first kappa shape index (κ1) is 27.1. The zero-order chi connectivity index (χ0) is 26.3. The number of aliphatic hydroxyl groups excluding tert-OH is 1. The molecule has 4 rings (SSSR count). The predicted molar refractivity (Wildman–Crippen MR) is 147 cm³/mol. The molecule has 196 valence electrons. The summed E-state index contributed by atoms with van der Waals surface area (Å²) in [5.74, 6) is -0.870. The minimum atomic E-state index is -0.984. The molecule has 3 aromatic rings. The lowest BCUT2D eigenvalue weighted by molar-refractivity contribution is -0.142. The van der Waals surface area contributed by atoms with E-state index in [1.54, 1.807) is 13.8 Å². The van der Waals surface area contributed by atoms with Gasteiger partial charge in [0.1, 0.15) is 6.10 Å². The lowest BCUT2D eigenvalue weighted by Gasteiger charge is -2.34. The Bertz CT molecular complexity index is 1080. The number of hydrogen-bond acceptors (Lipinski definition) is 4. The van der Waals surface area contributed by atoms with Crippen molar-refractivity contribution in [3.8, 4) is 0 Å². The first-order valence-corrected chi connectivity index (χ1v) is 13.3. The Hall–Kier alpha value is -2.99. The molecule has 1 unspecified atom stereocenters. The Morgan fingerprint density at radius 2 is 1.49 bits per heavy atom. The summed E-state index contributed by atoms with van der Waals surface area (Å²) < 4.78 is 6.66. The largest absolute Gasteiger partial charge is 0.481 e. The van der Waals surface area contributed by atoms with Crippen molar-refractivity contribution in [2.75, 3.05) is 19.6 Å². The minimum Gasteiger partial charge on any atom is -0.481 e. The highest BCUT2D eigenvalue weighted by Gasteiger charge is 2.30. The van der Waals surface area contributed by atoms with Crippen LogP contribution in [0.5, 0.6) is 0 Å². The van der Waals surface area contributed by atoms with Crippen LogP contribution in [-0.4, -0.2) is 46.8 Å². The zero-order valence-corrected chi connectivity index (χ0v) is 21.9. The van der Waals surface area contributed by atoms with Crippen LogP contribution < -0.4 is 0 Å². The number of benzene rings is 3. The van der Waals surface area contributed by atoms with Crippen molar-refractivity contribution < 1.29 is 19.7 Å². The van der Waals surface area contributed by atoms with Crippen molar-refractivity contribution in [3.63, 3.8) is 0 Å². The van der Waals surface area contributed by atoms with Gasteiger partial charge < -0.3 is 19.8 Å². The molecule has 1 saturated heterocycles. The van der Waals surface area contributed by atoms with Crippen LogP contribution in [0.1, 0.15) is 74.0 Å². The van der Waals surface area contributed by atoms with Gasteiger partial charge in [0.05, 0.1) is 17.6 Å². The van der Waals surface area contributed by atoms with Crippen molar-refractivity contribution in [1.29, 1.82) is 0 Å². The van der Waals surface area contributed by atoms with E-state index in [0.29, 0.717) is 12.0 Å². The van der Waals surface area contributed by atoms with E-state index in [1.807, 2.05) is 36.4 Å². The number of likely N-dealkylation sites (tertiary alicyclic amines) is 1. The summed E-state index contributed by atoms with van der Waals surface area (Å²) in [4.78, 5) is 14.1. The zero-order valence-electron chi connectivity index (χ0n) is 21.9. The van der Waals surface area contributed by atoms with E-state index in [2.05, 4.69) is 53.4 Å². The molecule has 2 N–H and O–H groups in total. The molecule has 1 heterocycles. The van der Waals surface area contributed by atoms with E-state index < -0.39 is 17.5 Å². The van der Waals surface area contributed by atoms with E-state index >= 15 is 0 Å². The van der Waals surface area contributed by atoms with Crippen LogP contribution in [-0.2, 0) is 14.9 Å². The summed E-state index contributed by atoms with van der Waals surface area (Å²) in [5.41, 5.74) is 2.87. The van der Waals surface area contributed by atoms with Gasteiger partial charge in [0, 0.05) is 13.1 Å². The molecule has 37 heavy (non-hydrogen) atoms. The predicted octanol–water partition coefficient (Wildman–Crippen LogP) is 6.13. The van der Waals surface area contributed by atoms with Crippen molar-refractivity contribution in [1.82, 2.24) is 4.90 Å². The number of carboxylic acids is 1. The highest BCUT2D eigenvalue weighted by Crippen LogP contribution is 2.31. The molecule has 0 bridgehead atoms. The second-order valence-electron chi connectivity index (χ2n) is 10.6. The topological polar surface area (TPSA) is 70.0 Å². The van der Waals surface area contributed by atoms with Gasteiger partial charge in [-0.2, -0.15) is 0 Å². The molecule has 0 radical (unpaired) electrons. The average molecular weight is 502 g/mol.